The van der Waals surface area contributed by atoms with Crippen molar-refractivity contribution in [3.8, 4) is 0 Å². The summed E-state index contributed by atoms with van der Waals surface area (Å²) in [6, 6.07) is 15.0. The van der Waals surface area contributed by atoms with Gasteiger partial charge in [-0.15, -0.1) is 0 Å². The zero-order chi connectivity index (χ0) is 21.0. The summed E-state index contributed by atoms with van der Waals surface area (Å²) in [4.78, 5) is 13.3. The Balaban J connectivity index is 1.80. The van der Waals surface area contributed by atoms with Crippen molar-refractivity contribution in [2.45, 2.75) is 50.1 Å². The van der Waals surface area contributed by atoms with E-state index in [0.29, 0.717) is 30.3 Å². The van der Waals surface area contributed by atoms with Gasteiger partial charge in [-0.05, 0) is 55.0 Å². The van der Waals surface area contributed by atoms with Crippen LogP contribution in [0.25, 0.3) is 0 Å². The molecule has 2 aromatic rings. The normalized spacial score (nSPS) is 18.7. The van der Waals surface area contributed by atoms with Gasteiger partial charge >= 0.3 is 0 Å². The van der Waals surface area contributed by atoms with Gasteiger partial charge in [-0.1, -0.05) is 55.8 Å². The van der Waals surface area contributed by atoms with Crippen LogP contribution in [0.4, 0.5) is 0 Å². The number of nitrogens with one attached hydrogen (secondary N) is 1. The standard InChI is InChI=1S/C22H27ClN2O3S/c1-16(2)15-20(17-7-4-3-5-8-17)24-22(26)21-9-6-14-25(21)29(27,28)19-12-10-18(23)11-13-19/h3-5,7-8,10-13,16,20-21H,6,9,14-15H2,1-2H3,(H,24,26)/t20-,21-/m1/s1. The van der Waals surface area contributed by atoms with Crippen LogP contribution in [-0.2, 0) is 14.8 Å². The predicted molar refractivity (Wildman–Crippen MR) is 115 cm³/mol. The minimum Gasteiger partial charge on any atom is -0.348 e. The highest BCUT2D eigenvalue weighted by Gasteiger charge is 2.40. The molecule has 1 aliphatic heterocycles. The minimum absolute atomic E-state index is 0.149. The van der Waals surface area contributed by atoms with Crippen LogP contribution in [0.15, 0.2) is 59.5 Å². The summed E-state index contributed by atoms with van der Waals surface area (Å²) < 4.78 is 27.5. The Labute approximate surface area is 178 Å². The van der Waals surface area contributed by atoms with Gasteiger partial charge in [-0.2, -0.15) is 4.31 Å². The Bertz CT molecular complexity index is 930. The molecule has 0 aromatic heterocycles. The van der Waals surface area contributed by atoms with Crippen molar-refractivity contribution < 1.29 is 13.2 Å². The summed E-state index contributed by atoms with van der Waals surface area (Å²) in [5.41, 5.74) is 1.03. The molecule has 1 aliphatic rings. The zero-order valence-electron chi connectivity index (χ0n) is 16.7. The maximum absolute atomic E-state index is 13.1. The number of carbonyl (C=O) groups excluding carboxylic acids is 1. The van der Waals surface area contributed by atoms with Crippen LogP contribution in [0, 0.1) is 5.92 Å². The van der Waals surface area contributed by atoms with E-state index in [1.807, 2.05) is 30.3 Å². The highest BCUT2D eigenvalue weighted by Crippen LogP contribution is 2.28. The van der Waals surface area contributed by atoms with Crippen LogP contribution in [-0.4, -0.2) is 31.2 Å². The van der Waals surface area contributed by atoms with Crippen molar-refractivity contribution >= 4 is 27.5 Å². The first-order valence-corrected chi connectivity index (χ1v) is 11.7. The molecule has 29 heavy (non-hydrogen) atoms. The monoisotopic (exact) mass is 434 g/mol. The molecule has 0 bridgehead atoms. The maximum atomic E-state index is 13.1. The van der Waals surface area contributed by atoms with Gasteiger partial charge in [0.15, 0.2) is 0 Å². The minimum atomic E-state index is -3.76. The first kappa shape index (κ1) is 21.8. The highest BCUT2D eigenvalue weighted by atomic mass is 35.5. The topological polar surface area (TPSA) is 66.5 Å². The molecular formula is C22H27ClN2O3S. The van der Waals surface area contributed by atoms with Gasteiger partial charge in [0.25, 0.3) is 0 Å². The number of hydrogen-bond acceptors (Lipinski definition) is 3. The molecule has 156 valence electrons. The fourth-order valence-electron chi connectivity index (χ4n) is 3.73. The molecule has 2 atom stereocenters. The number of rotatable bonds is 7. The third-order valence-corrected chi connectivity index (χ3v) is 7.33. The van der Waals surface area contributed by atoms with E-state index < -0.39 is 16.1 Å². The Morgan fingerprint density at radius 2 is 1.79 bits per heavy atom. The van der Waals surface area contributed by atoms with Crippen molar-refractivity contribution in [3.63, 3.8) is 0 Å². The Kier molecular flexibility index (Phi) is 6.98. The molecule has 1 heterocycles. The SMILES string of the molecule is CC(C)C[C@@H](NC(=O)[C@H]1CCCN1S(=O)(=O)c1ccc(Cl)cc1)c1ccccc1. The molecule has 1 N–H and O–H groups in total. The van der Waals surface area contributed by atoms with Crippen molar-refractivity contribution in [2.24, 2.45) is 5.92 Å². The second-order valence-electron chi connectivity index (χ2n) is 7.83. The van der Waals surface area contributed by atoms with Crippen LogP contribution in [0.1, 0.15) is 44.7 Å². The second kappa shape index (κ2) is 9.28. The number of benzene rings is 2. The molecule has 3 rings (SSSR count). The van der Waals surface area contributed by atoms with Crippen LogP contribution in [0.3, 0.4) is 0 Å². The largest absolute Gasteiger partial charge is 0.348 e. The van der Waals surface area contributed by atoms with Gasteiger partial charge in [0, 0.05) is 11.6 Å². The molecule has 5 nitrogen and oxygen atoms in total. The van der Waals surface area contributed by atoms with E-state index in [2.05, 4.69) is 19.2 Å². The van der Waals surface area contributed by atoms with E-state index >= 15 is 0 Å². The third-order valence-electron chi connectivity index (χ3n) is 5.15. The van der Waals surface area contributed by atoms with Crippen molar-refractivity contribution in [2.75, 3.05) is 6.54 Å². The molecule has 2 aromatic carbocycles. The average Bonchev–Trinajstić information content (AvgIpc) is 3.19. The summed E-state index contributed by atoms with van der Waals surface area (Å²) in [6.07, 6.45) is 1.96. The number of carbonyl (C=O) groups is 1. The lowest BCUT2D eigenvalue weighted by atomic mass is 9.96. The summed E-state index contributed by atoms with van der Waals surface area (Å²) in [6.45, 7) is 4.55. The number of nitrogens with zero attached hydrogens (tertiary/aromatic N) is 1. The van der Waals surface area contributed by atoms with E-state index in [-0.39, 0.29) is 16.8 Å². The van der Waals surface area contributed by atoms with Gasteiger partial charge in [0.1, 0.15) is 6.04 Å². The maximum Gasteiger partial charge on any atom is 0.243 e. The third kappa shape index (κ3) is 5.18. The fraction of sp³-hybridized carbons (Fsp3) is 0.409. The molecule has 1 fully saturated rings. The van der Waals surface area contributed by atoms with E-state index in [1.165, 1.54) is 16.4 Å². The Morgan fingerprint density at radius 1 is 1.14 bits per heavy atom. The average molecular weight is 435 g/mol. The smallest absolute Gasteiger partial charge is 0.243 e. The first-order valence-electron chi connectivity index (χ1n) is 9.92. The summed E-state index contributed by atoms with van der Waals surface area (Å²) >= 11 is 5.88. The predicted octanol–water partition coefficient (Wildman–Crippen LogP) is 4.40. The molecule has 1 amide bonds. The van der Waals surface area contributed by atoms with Crippen molar-refractivity contribution in [1.29, 1.82) is 0 Å². The zero-order valence-corrected chi connectivity index (χ0v) is 18.3. The fourth-order valence-corrected chi connectivity index (χ4v) is 5.52. The van der Waals surface area contributed by atoms with Crippen molar-refractivity contribution in [3.05, 3.63) is 65.2 Å². The van der Waals surface area contributed by atoms with Gasteiger partial charge < -0.3 is 5.32 Å². The quantitative estimate of drug-likeness (QED) is 0.702. The lowest BCUT2D eigenvalue weighted by Gasteiger charge is -2.27. The van der Waals surface area contributed by atoms with E-state index in [0.717, 1.165) is 12.0 Å². The van der Waals surface area contributed by atoms with Crippen molar-refractivity contribution in [1.82, 2.24) is 9.62 Å². The van der Waals surface area contributed by atoms with Crippen LogP contribution >= 0.6 is 11.6 Å². The Morgan fingerprint density at radius 3 is 2.41 bits per heavy atom. The van der Waals surface area contributed by atoms with E-state index in [4.69, 9.17) is 11.6 Å². The first-order chi connectivity index (χ1) is 13.8. The summed E-state index contributed by atoms with van der Waals surface area (Å²) in [5, 5.41) is 3.57. The number of amides is 1. The molecule has 0 spiro atoms. The van der Waals surface area contributed by atoms with Gasteiger partial charge in [0.05, 0.1) is 10.9 Å². The van der Waals surface area contributed by atoms with Crippen LogP contribution in [0.5, 0.6) is 0 Å². The van der Waals surface area contributed by atoms with Crippen LogP contribution < -0.4 is 5.32 Å². The molecule has 7 heteroatoms. The van der Waals surface area contributed by atoms with Gasteiger partial charge in [-0.3, -0.25) is 4.79 Å². The number of hydrogen-bond donors (Lipinski definition) is 1. The molecule has 1 saturated heterocycles. The molecule has 0 saturated carbocycles. The number of halogens is 1. The molecule has 0 radical (unpaired) electrons. The highest BCUT2D eigenvalue weighted by molar-refractivity contribution is 7.89. The lowest BCUT2D eigenvalue weighted by Crippen LogP contribution is -2.46. The number of sulfonamides is 1. The van der Waals surface area contributed by atoms with Gasteiger partial charge in [0.2, 0.25) is 15.9 Å². The molecule has 0 unspecified atom stereocenters. The molecule has 0 aliphatic carbocycles. The summed E-state index contributed by atoms with van der Waals surface area (Å²) in [7, 11) is -3.76. The van der Waals surface area contributed by atoms with E-state index in [1.54, 1.807) is 12.1 Å². The summed E-state index contributed by atoms with van der Waals surface area (Å²) in [5.74, 6) is 0.146. The van der Waals surface area contributed by atoms with E-state index in [9.17, 15) is 13.2 Å². The van der Waals surface area contributed by atoms with Gasteiger partial charge in [-0.25, -0.2) is 8.42 Å². The Hall–Kier alpha value is -1.89. The van der Waals surface area contributed by atoms with Crippen LogP contribution in [0.2, 0.25) is 5.02 Å². The molecular weight excluding hydrogens is 408 g/mol. The lowest BCUT2D eigenvalue weighted by molar-refractivity contribution is -0.125. The second-order valence-corrected chi connectivity index (χ2v) is 10.2.